The van der Waals surface area contributed by atoms with Gasteiger partial charge in [-0.15, -0.1) is 13.2 Å². The molecule has 3 amide bonds. The maximum atomic E-state index is 13.8. The molecular weight excluding hydrogens is 759 g/mol. The lowest BCUT2D eigenvalue weighted by Crippen LogP contribution is -2.45. The molecule has 0 unspecified atom stereocenters. The molecule has 0 aromatic heterocycles. The van der Waals surface area contributed by atoms with Crippen LogP contribution in [0.2, 0.25) is 0 Å². The molecule has 4 rings (SSSR count). The highest BCUT2D eigenvalue weighted by Gasteiger charge is 2.26. The number of alkyl carbamates (subject to hydrolysis) is 1. The minimum atomic E-state index is -0.756. The molecule has 11 heteroatoms. The van der Waals surface area contributed by atoms with Gasteiger partial charge in [0, 0.05) is 13.0 Å². The van der Waals surface area contributed by atoms with E-state index in [9.17, 15) is 24.3 Å². The summed E-state index contributed by atoms with van der Waals surface area (Å²) in [5.41, 5.74) is 3.84. The van der Waals surface area contributed by atoms with Gasteiger partial charge in [-0.25, -0.2) is 4.79 Å². The van der Waals surface area contributed by atoms with Gasteiger partial charge in [0.2, 0.25) is 11.8 Å². The number of benzene rings is 4. The highest BCUT2D eigenvalue weighted by molar-refractivity contribution is 5.86. The van der Waals surface area contributed by atoms with Crippen LogP contribution in [0.5, 0.6) is 5.75 Å². The number of carbonyl (C=O) groups excluding carboxylic acids is 4. The first-order valence-corrected chi connectivity index (χ1v) is 20.6. The maximum Gasteiger partial charge on any atom is 0.407 e. The van der Waals surface area contributed by atoms with Gasteiger partial charge >= 0.3 is 12.1 Å². The van der Waals surface area contributed by atoms with Crippen LogP contribution in [0.3, 0.4) is 0 Å². The third-order valence-corrected chi connectivity index (χ3v) is 9.84. The summed E-state index contributed by atoms with van der Waals surface area (Å²) in [6.45, 7) is 8.20. The van der Waals surface area contributed by atoms with E-state index in [1.807, 2.05) is 115 Å². The van der Waals surface area contributed by atoms with Crippen LogP contribution in [0.1, 0.15) is 60.8 Å². The number of ether oxygens (including phenoxy) is 3. The second-order valence-electron chi connectivity index (χ2n) is 14.7. The zero-order chi connectivity index (χ0) is 42.8. The molecule has 0 saturated heterocycles. The van der Waals surface area contributed by atoms with Gasteiger partial charge in [0.1, 0.15) is 25.6 Å². The molecule has 4 aromatic rings. The molecule has 0 aliphatic rings. The van der Waals surface area contributed by atoms with Crippen molar-refractivity contribution in [1.82, 2.24) is 16.0 Å². The molecule has 0 heterocycles. The van der Waals surface area contributed by atoms with Crippen LogP contribution in [0.15, 0.2) is 141 Å². The molecule has 0 spiro atoms. The van der Waals surface area contributed by atoms with E-state index < -0.39 is 36.0 Å². The fourth-order valence-corrected chi connectivity index (χ4v) is 6.56. The van der Waals surface area contributed by atoms with Gasteiger partial charge in [0.25, 0.3) is 0 Å². The molecule has 0 aliphatic carbocycles. The van der Waals surface area contributed by atoms with Crippen molar-refractivity contribution < 1.29 is 38.5 Å². The first-order valence-electron chi connectivity index (χ1n) is 20.6. The van der Waals surface area contributed by atoms with Crippen LogP contribution in [0.25, 0.3) is 0 Å². The Morgan fingerprint density at radius 3 is 1.83 bits per heavy atom. The molecule has 0 bridgehead atoms. The quantitative estimate of drug-likeness (QED) is 0.0276. The van der Waals surface area contributed by atoms with Crippen molar-refractivity contribution in [3.05, 3.63) is 163 Å². The molecule has 60 heavy (non-hydrogen) atoms. The van der Waals surface area contributed by atoms with Gasteiger partial charge in [-0.3, -0.25) is 14.4 Å². The summed E-state index contributed by atoms with van der Waals surface area (Å²) in [4.78, 5) is 52.7. The lowest BCUT2D eigenvalue weighted by molar-refractivity contribution is -0.150. The number of carbonyl (C=O) groups is 4. The number of esters is 1. The van der Waals surface area contributed by atoms with Gasteiger partial charge in [-0.2, -0.15) is 0 Å². The average Bonchev–Trinajstić information content (AvgIpc) is 3.27. The Hall–Kier alpha value is -6.20. The zero-order valence-electron chi connectivity index (χ0n) is 34.3. The van der Waals surface area contributed by atoms with Crippen molar-refractivity contribution >= 4 is 23.9 Å². The minimum absolute atomic E-state index is 0.0742. The van der Waals surface area contributed by atoms with Gasteiger partial charge in [0.15, 0.2) is 0 Å². The smallest absolute Gasteiger partial charge is 0.407 e. The molecule has 4 atom stereocenters. The summed E-state index contributed by atoms with van der Waals surface area (Å²) in [6, 6.07) is 35.3. The van der Waals surface area contributed by atoms with Crippen LogP contribution in [0, 0.1) is 11.8 Å². The molecular formula is C49H59N3O8. The Bertz CT molecular complexity index is 1890. The lowest BCUT2D eigenvalue weighted by atomic mass is 9.96. The van der Waals surface area contributed by atoms with Crippen LogP contribution < -0.4 is 20.7 Å². The third-order valence-electron chi connectivity index (χ3n) is 9.84. The van der Waals surface area contributed by atoms with Gasteiger partial charge < -0.3 is 35.3 Å². The predicted molar refractivity (Wildman–Crippen MR) is 233 cm³/mol. The van der Waals surface area contributed by atoms with Crippen molar-refractivity contribution in [2.24, 2.45) is 11.8 Å². The van der Waals surface area contributed by atoms with Crippen LogP contribution in [-0.4, -0.2) is 60.8 Å². The number of unbranched alkanes of at least 4 members (excludes halogenated alkanes) is 1. The molecule has 0 saturated carbocycles. The van der Waals surface area contributed by atoms with Crippen LogP contribution >= 0.6 is 0 Å². The summed E-state index contributed by atoms with van der Waals surface area (Å²) in [5.74, 6) is -1.67. The molecule has 0 radical (unpaired) electrons. The second-order valence-corrected chi connectivity index (χ2v) is 14.7. The monoisotopic (exact) mass is 817 g/mol. The molecule has 0 fully saturated rings. The fraction of sp³-hybridized carbons (Fsp3) is 0.347. The number of nitrogens with one attached hydrogen (secondary N) is 3. The topological polar surface area (TPSA) is 152 Å². The maximum absolute atomic E-state index is 13.8. The molecule has 0 aliphatic heterocycles. The standard InChI is InChI=1S/C49H59N3O8/c1-3-16-41(32-46(54)51-44(33-53)31-38-25-27-45(28-26-38)58-34-39-20-10-6-11-21-39)47(55)52-43(24-14-15-29-50-49(57)60-35-40-22-12-7-13-23-40)36-59-48(56)42(17-4-2)30-37-18-8-5-9-19-37/h3-13,18-23,25-28,41-44,53H,1-2,14-17,24,29-36H2,(H,50,57)(H,51,54)(H,52,55)/t41-,42-,43-,44-/m0/s1. The number of hydrogen-bond acceptors (Lipinski definition) is 8. The Labute approximate surface area is 354 Å². The summed E-state index contributed by atoms with van der Waals surface area (Å²) in [6.07, 6.45) is 5.75. The van der Waals surface area contributed by atoms with Gasteiger partial charge in [0.05, 0.1) is 30.5 Å². The van der Waals surface area contributed by atoms with E-state index in [4.69, 9.17) is 14.2 Å². The normalized spacial score (nSPS) is 12.8. The highest BCUT2D eigenvalue weighted by atomic mass is 16.5. The van der Waals surface area contributed by atoms with Gasteiger partial charge in [-0.1, -0.05) is 115 Å². The molecule has 4 aromatic carbocycles. The van der Waals surface area contributed by atoms with Crippen LogP contribution in [0.4, 0.5) is 4.79 Å². The predicted octanol–water partition coefficient (Wildman–Crippen LogP) is 7.43. The zero-order valence-corrected chi connectivity index (χ0v) is 34.3. The Kier molecular flexibility index (Phi) is 20.7. The molecule has 11 nitrogen and oxygen atoms in total. The number of amides is 3. The molecule has 318 valence electrons. The van der Waals surface area contributed by atoms with E-state index >= 15 is 0 Å². The van der Waals surface area contributed by atoms with E-state index in [2.05, 4.69) is 29.1 Å². The second kappa shape index (κ2) is 26.7. The summed E-state index contributed by atoms with van der Waals surface area (Å²) in [5, 5.41) is 18.8. The number of aliphatic hydroxyl groups is 1. The summed E-state index contributed by atoms with van der Waals surface area (Å²) < 4.78 is 17.0. The largest absolute Gasteiger partial charge is 0.489 e. The first kappa shape index (κ1) is 46.5. The van der Waals surface area contributed by atoms with Crippen molar-refractivity contribution in [1.29, 1.82) is 0 Å². The third kappa shape index (κ3) is 17.7. The van der Waals surface area contributed by atoms with E-state index in [0.29, 0.717) is 57.4 Å². The van der Waals surface area contributed by atoms with Gasteiger partial charge in [-0.05, 0) is 79.3 Å². The van der Waals surface area contributed by atoms with E-state index in [1.54, 1.807) is 12.2 Å². The average molecular weight is 818 g/mol. The van der Waals surface area contributed by atoms with Crippen molar-refractivity contribution in [2.75, 3.05) is 19.8 Å². The fourth-order valence-electron chi connectivity index (χ4n) is 6.56. The first-order chi connectivity index (χ1) is 29.3. The SMILES string of the molecule is C=CC[C@@H](CC(=O)N[C@H](CO)Cc1ccc(OCc2ccccc2)cc1)C(=O)N[C@@H](CCCCNC(=O)OCc1ccccc1)COC(=O)[C@@H](CC=C)Cc1ccccc1. The summed E-state index contributed by atoms with van der Waals surface area (Å²) in [7, 11) is 0. The van der Waals surface area contributed by atoms with Crippen LogP contribution in [-0.2, 0) is 49.9 Å². The van der Waals surface area contributed by atoms with Crippen molar-refractivity contribution in [2.45, 2.75) is 76.7 Å². The van der Waals surface area contributed by atoms with E-state index in [-0.39, 0.29) is 44.5 Å². The minimum Gasteiger partial charge on any atom is -0.489 e. The number of hydrogen-bond donors (Lipinski definition) is 4. The van der Waals surface area contributed by atoms with Crippen molar-refractivity contribution in [3.8, 4) is 5.75 Å². The summed E-state index contributed by atoms with van der Waals surface area (Å²) >= 11 is 0. The lowest BCUT2D eigenvalue weighted by Gasteiger charge is -2.24. The highest BCUT2D eigenvalue weighted by Crippen LogP contribution is 2.18. The Morgan fingerprint density at radius 1 is 0.633 bits per heavy atom. The number of aliphatic hydroxyl groups excluding tert-OH is 1. The van der Waals surface area contributed by atoms with E-state index in [0.717, 1.165) is 22.3 Å². The Balaban J connectivity index is 1.31. The Morgan fingerprint density at radius 2 is 1.22 bits per heavy atom. The van der Waals surface area contributed by atoms with Crippen molar-refractivity contribution in [3.63, 3.8) is 0 Å². The number of rotatable bonds is 27. The number of allylic oxidation sites excluding steroid dienone is 2. The molecule has 4 N–H and O–H groups in total. The van der Waals surface area contributed by atoms with E-state index in [1.165, 1.54) is 0 Å².